The van der Waals surface area contributed by atoms with Crippen LogP contribution in [-0.2, 0) is 11.2 Å². The van der Waals surface area contributed by atoms with E-state index in [0.717, 1.165) is 12.1 Å². The van der Waals surface area contributed by atoms with Gasteiger partial charge >= 0.3 is 0 Å². The molecule has 3 heteroatoms. The molecule has 0 aliphatic heterocycles. The molecule has 0 fully saturated rings. The second kappa shape index (κ2) is 5.00. The summed E-state index contributed by atoms with van der Waals surface area (Å²) in [6.45, 7) is 1.86. The second-order valence-corrected chi connectivity index (χ2v) is 5.19. The number of carbonyl (C=O) groups excluding carboxylic acids is 1. The molecule has 2 aromatic rings. The van der Waals surface area contributed by atoms with Crippen molar-refractivity contribution in [3.8, 4) is 11.1 Å². The Balaban J connectivity index is 1.86. The third kappa shape index (κ3) is 2.16. The van der Waals surface area contributed by atoms with Crippen LogP contribution < -0.4 is 10.6 Å². The third-order valence-corrected chi connectivity index (χ3v) is 3.82. The van der Waals surface area contributed by atoms with Crippen molar-refractivity contribution in [2.45, 2.75) is 19.4 Å². The van der Waals surface area contributed by atoms with Gasteiger partial charge in [-0.25, -0.2) is 0 Å². The van der Waals surface area contributed by atoms with E-state index >= 15 is 0 Å². The summed E-state index contributed by atoms with van der Waals surface area (Å²) in [5.41, 5.74) is 6.32. The molecule has 1 unspecified atom stereocenters. The highest BCUT2D eigenvalue weighted by Crippen LogP contribution is 2.37. The molecule has 1 aliphatic rings. The molecule has 0 aromatic heterocycles. The Morgan fingerprint density at radius 2 is 1.85 bits per heavy atom. The maximum Gasteiger partial charge on any atom is 0.241 e. The molecule has 2 N–H and O–H groups in total. The fraction of sp³-hybridized carbons (Fsp3) is 0.235. The van der Waals surface area contributed by atoms with E-state index in [4.69, 9.17) is 0 Å². The van der Waals surface area contributed by atoms with Gasteiger partial charge in [0.1, 0.15) is 6.04 Å². The summed E-state index contributed by atoms with van der Waals surface area (Å²) in [4.78, 5) is 11.6. The van der Waals surface area contributed by atoms with E-state index < -0.39 is 0 Å². The number of fused-ring (bicyclic) bond motifs is 3. The Morgan fingerprint density at radius 3 is 2.65 bits per heavy atom. The molecule has 1 amide bonds. The molecule has 1 aliphatic carbocycles. The van der Waals surface area contributed by atoms with Crippen LogP contribution in [0.4, 0.5) is 5.69 Å². The average Bonchev–Trinajstić information content (AvgIpc) is 2.83. The highest BCUT2D eigenvalue weighted by Gasteiger charge is 2.18. The summed E-state index contributed by atoms with van der Waals surface area (Å²) >= 11 is 0. The Bertz CT molecular complexity index is 664. The van der Waals surface area contributed by atoms with Gasteiger partial charge in [0.05, 0.1) is 0 Å². The predicted molar refractivity (Wildman–Crippen MR) is 81.8 cm³/mol. The highest BCUT2D eigenvalue weighted by atomic mass is 16.2. The summed E-state index contributed by atoms with van der Waals surface area (Å²) in [6, 6.07) is 14.6. The molecule has 1 atom stereocenters. The maximum atomic E-state index is 11.6. The van der Waals surface area contributed by atoms with Crippen LogP contribution in [0.2, 0.25) is 0 Å². The number of benzene rings is 2. The lowest BCUT2D eigenvalue weighted by Gasteiger charge is -2.14. The van der Waals surface area contributed by atoms with Crippen LogP contribution >= 0.6 is 0 Å². The van der Waals surface area contributed by atoms with Crippen molar-refractivity contribution in [2.75, 3.05) is 12.4 Å². The SMILES string of the molecule is CNC(=O)C(C)Nc1ccc2c(c1)Cc1ccccc1-2. The quantitative estimate of drug-likeness (QED) is 0.765. The number of nitrogens with one attached hydrogen (secondary N) is 2. The first kappa shape index (κ1) is 12.7. The van der Waals surface area contributed by atoms with E-state index in [9.17, 15) is 4.79 Å². The van der Waals surface area contributed by atoms with E-state index in [1.54, 1.807) is 7.05 Å². The minimum atomic E-state index is -0.234. The summed E-state index contributed by atoms with van der Waals surface area (Å²) in [7, 11) is 1.65. The molecular formula is C17H18N2O. The highest BCUT2D eigenvalue weighted by molar-refractivity contribution is 5.84. The Kier molecular flexibility index (Phi) is 3.18. The fourth-order valence-corrected chi connectivity index (χ4v) is 2.77. The van der Waals surface area contributed by atoms with E-state index in [2.05, 4.69) is 47.0 Å². The van der Waals surface area contributed by atoms with E-state index in [-0.39, 0.29) is 11.9 Å². The largest absolute Gasteiger partial charge is 0.374 e. The van der Waals surface area contributed by atoms with Crippen LogP contribution in [0.5, 0.6) is 0 Å². The zero-order valence-corrected chi connectivity index (χ0v) is 11.7. The van der Waals surface area contributed by atoms with Gasteiger partial charge in [-0.3, -0.25) is 4.79 Å². The smallest absolute Gasteiger partial charge is 0.241 e. The van der Waals surface area contributed by atoms with Crippen LogP contribution in [0.3, 0.4) is 0 Å². The fourth-order valence-electron chi connectivity index (χ4n) is 2.77. The summed E-state index contributed by atoms with van der Waals surface area (Å²) in [5, 5.41) is 5.89. The molecular weight excluding hydrogens is 248 g/mol. The second-order valence-electron chi connectivity index (χ2n) is 5.19. The molecule has 0 heterocycles. The van der Waals surface area contributed by atoms with Crippen LogP contribution in [0.15, 0.2) is 42.5 Å². The predicted octanol–water partition coefficient (Wildman–Crippen LogP) is 2.80. The number of rotatable bonds is 3. The molecule has 0 spiro atoms. The summed E-state index contributed by atoms with van der Waals surface area (Å²) in [6.07, 6.45) is 0.968. The number of hydrogen-bond donors (Lipinski definition) is 2. The Morgan fingerprint density at radius 1 is 1.10 bits per heavy atom. The van der Waals surface area contributed by atoms with Crippen molar-refractivity contribution < 1.29 is 4.79 Å². The number of likely N-dealkylation sites (N-methyl/N-ethyl adjacent to an activating group) is 1. The van der Waals surface area contributed by atoms with Crippen LogP contribution in [0.1, 0.15) is 18.1 Å². The van der Waals surface area contributed by atoms with Crippen molar-refractivity contribution in [3.63, 3.8) is 0 Å². The molecule has 20 heavy (non-hydrogen) atoms. The average molecular weight is 266 g/mol. The van der Waals surface area contributed by atoms with Crippen LogP contribution in [-0.4, -0.2) is 19.0 Å². The van der Waals surface area contributed by atoms with Gasteiger partial charge in [-0.1, -0.05) is 30.3 Å². The zero-order chi connectivity index (χ0) is 14.1. The zero-order valence-electron chi connectivity index (χ0n) is 11.7. The first-order chi connectivity index (χ1) is 9.69. The van der Waals surface area contributed by atoms with E-state index in [0.29, 0.717) is 0 Å². The molecule has 0 saturated carbocycles. The van der Waals surface area contributed by atoms with Gasteiger partial charge in [0.15, 0.2) is 0 Å². The number of amides is 1. The lowest BCUT2D eigenvalue weighted by Crippen LogP contribution is -2.35. The molecule has 3 nitrogen and oxygen atoms in total. The molecule has 0 radical (unpaired) electrons. The minimum absolute atomic E-state index is 0.00576. The van der Waals surface area contributed by atoms with Crippen molar-refractivity contribution in [1.29, 1.82) is 0 Å². The molecule has 102 valence electrons. The number of hydrogen-bond acceptors (Lipinski definition) is 2. The lowest BCUT2D eigenvalue weighted by molar-refractivity contribution is -0.121. The van der Waals surface area contributed by atoms with Crippen molar-refractivity contribution >= 4 is 11.6 Å². The van der Waals surface area contributed by atoms with Gasteiger partial charge in [0, 0.05) is 12.7 Å². The minimum Gasteiger partial charge on any atom is -0.374 e. The standard InChI is InChI=1S/C17H18N2O/c1-11(17(20)18-2)19-14-7-8-16-13(10-14)9-12-5-3-4-6-15(12)16/h3-8,10-11,19H,9H2,1-2H3,(H,18,20). The Hall–Kier alpha value is -2.29. The summed E-state index contributed by atoms with van der Waals surface area (Å²) in [5.74, 6) is -0.00576. The molecule has 0 bridgehead atoms. The number of anilines is 1. The topological polar surface area (TPSA) is 41.1 Å². The van der Waals surface area contributed by atoms with Crippen molar-refractivity contribution in [2.24, 2.45) is 0 Å². The van der Waals surface area contributed by atoms with Crippen LogP contribution in [0, 0.1) is 0 Å². The van der Waals surface area contributed by atoms with Gasteiger partial charge in [-0.15, -0.1) is 0 Å². The van der Waals surface area contributed by atoms with Gasteiger partial charge < -0.3 is 10.6 Å². The van der Waals surface area contributed by atoms with Gasteiger partial charge in [-0.05, 0) is 47.7 Å². The summed E-state index contributed by atoms with van der Waals surface area (Å²) < 4.78 is 0. The van der Waals surface area contributed by atoms with Gasteiger partial charge in [0.2, 0.25) is 5.91 Å². The van der Waals surface area contributed by atoms with Crippen molar-refractivity contribution in [1.82, 2.24) is 5.32 Å². The molecule has 2 aromatic carbocycles. The van der Waals surface area contributed by atoms with E-state index in [1.165, 1.54) is 22.3 Å². The monoisotopic (exact) mass is 266 g/mol. The molecule has 3 rings (SSSR count). The number of carbonyl (C=O) groups is 1. The van der Waals surface area contributed by atoms with Gasteiger partial charge in [0.25, 0.3) is 0 Å². The third-order valence-electron chi connectivity index (χ3n) is 3.82. The first-order valence-corrected chi connectivity index (χ1v) is 6.88. The van der Waals surface area contributed by atoms with E-state index in [1.807, 2.05) is 13.0 Å². The van der Waals surface area contributed by atoms with Gasteiger partial charge in [-0.2, -0.15) is 0 Å². The normalized spacial score (nSPS) is 13.3. The Labute approximate surface area is 119 Å². The van der Waals surface area contributed by atoms with Crippen molar-refractivity contribution in [3.05, 3.63) is 53.6 Å². The molecule has 0 saturated heterocycles. The van der Waals surface area contributed by atoms with Crippen LogP contribution in [0.25, 0.3) is 11.1 Å². The first-order valence-electron chi connectivity index (χ1n) is 6.88. The lowest BCUT2D eigenvalue weighted by atomic mass is 10.1. The maximum absolute atomic E-state index is 11.6.